The van der Waals surface area contributed by atoms with Crippen LogP contribution < -0.4 is 0 Å². The zero-order valence-electron chi connectivity index (χ0n) is 6.38. The Bertz CT molecular complexity index is 335. The summed E-state index contributed by atoms with van der Waals surface area (Å²) in [7, 11) is 0. The fourth-order valence-corrected chi connectivity index (χ4v) is 2.90. The molecule has 0 N–H and O–H groups in total. The van der Waals surface area contributed by atoms with Crippen LogP contribution >= 0.6 is 32.6 Å². The fraction of sp³-hybridized carbons (Fsp3) is 0.143. The van der Waals surface area contributed by atoms with Crippen molar-refractivity contribution in [1.82, 2.24) is 0 Å². The monoisotopic (exact) mass is 344 g/mol. The van der Waals surface area contributed by atoms with Gasteiger partial charge >= 0.3 is 90.0 Å². The van der Waals surface area contributed by atoms with Gasteiger partial charge in [-0.25, -0.2) is 0 Å². The molecular weight excluding hydrogens is 341 g/mol. The van der Waals surface area contributed by atoms with Gasteiger partial charge in [0.25, 0.3) is 0 Å². The van der Waals surface area contributed by atoms with Gasteiger partial charge in [-0.1, -0.05) is 0 Å². The van der Waals surface area contributed by atoms with Gasteiger partial charge in [-0.15, -0.1) is 0 Å². The number of hydrogen-bond donors (Lipinski definition) is 0. The molecule has 0 saturated heterocycles. The third kappa shape index (κ3) is 2.47. The predicted octanol–water partition coefficient (Wildman–Crippen LogP) is 4.80. The SMILES string of the molecule is FI(F)c1c(Cl)cccc1C(F)(F)F. The van der Waals surface area contributed by atoms with Crippen LogP contribution in [0, 0.1) is 3.57 Å². The molecule has 80 valence electrons. The zero-order chi connectivity index (χ0) is 10.9. The molecule has 0 atom stereocenters. The minimum atomic E-state index is -4.77. The minimum absolute atomic E-state index is 0.505. The molecule has 0 amide bonds. The Kier molecular flexibility index (Phi) is 3.57. The first kappa shape index (κ1) is 12.0. The zero-order valence-corrected chi connectivity index (χ0v) is 9.29. The maximum atomic E-state index is 12.4. The summed E-state index contributed by atoms with van der Waals surface area (Å²) in [5.74, 6) is 0. The maximum absolute atomic E-state index is 12.4. The Morgan fingerprint density at radius 3 is 2.07 bits per heavy atom. The van der Waals surface area contributed by atoms with Gasteiger partial charge in [0, 0.05) is 0 Å². The van der Waals surface area contributed by atoms with E-state index in [2.05, 4.69) is 0 Å². The second kappa shape index (κ2) is 4.18. The Balaban J connectivity index is 3.36. The second-order valence-electron chi connectivity index (χ2n) is 2.30. The molecule has 0 aromatic heterocycles. The molecule has 0 aliphatic carbocycles. The first-order valence-electron chi connectivity index (χ1n) is 3.22. The molecule has 0 radical (unpaired) electrons. The number of hydrogen-bond acceptors (Lipinski definition) is 0. The van der Waals surface area contributed by atoms with Gasteiger partial charge in [-0.3, -0.25) is 0 Å². The number of halogens is 7. The summed E-state index contributed by atoms with van der Waals surface area (Å²) in [6.45, 7) is 0. The first-order chi connectivity index (χ1) is 6.34. The Morgan fingerprint density at radius 1 is 1.14 bits per heavy atom. The molecular formula is C7H3ClF5I. The van der Waals surface area contributed by atoms with Gasteiger partial charge in [0.15, 0.2) is 0 Å². The van der Waals surface area contributed by atoms with E-state index in [0.29, 0.717) is 6.07 Å². The molecule has 0 aliphatic rings. The molecule has 14 heavy (non-hydrogen) atoms. The summed E-state index contributed by atoms with van der Waals surface area (Å²) >= 11 is 0.561. The fourth-order valence-electron chi connectivity index (χ4n) is 0.868. The van der Waals surface area contributed by atoms with E-state index in [-0.39, 0.29) is 0 Å². The second-order valence-corrected chi connectivity index (χ2v) is 4.91. The van der Waals surface area contributed by atoms with Gasteiger partial charge in [0.1, 0.15) is 0 Å². The normalized spacial score (nSPS) is 12.9. The molecule has 0 saturated carbocycles. The topological polar surface area (TPSA) is 0 Å². The van der Waals surface area contributed by atoms with E-state index in [1.165, 1.54) is 0 Å². The molecule has 0 bridgehead atoms. The van der Waals surface area contributed by atoms with Crippen molar-refractivity contribution in [2.45, 2.75) is 6.18 Å². The van der Waals surface area contributed by atoms with Crippen molar-refractivity contribution in [3.63, 3.8) is 0 Å². The average Bonchev–Trinajstić information content (AvgIpc) is 2.01. The Hall–Kier alpha value is -0.110. The molecule has 0 heterocycles. The van der Waals surface area contributed by atoms with Crippen molar-refractivity contribution in [2.24, 2.45) is 0 Å². The number of rotatable bonds is 1. The molecule has 0 aliphatic heterocycles. The van der Waals surface area contributed by atoms with Crippen LogP contribution in [-0.4, -0.2) is 0 Å². The molecule has 0 spiro atoms. The summed E-state index contributed by atoms with van der Waals surface area (Å²) < 4.78 is 60.4. The summed E-state index contributed by atoms with van der Waals surface area (Å²) in [4.78, 5) is 0. The molecule has 0 fully saturated rings. The van der Waals surface area contributed by atoms with Crippen molar-refractivity contribution in [3.8, 4) is 0 Å². The summed E-state index contributed by atoms with van der Waals surface area (Å²) in [6, 6.07) is 2.66. The van der Waals surface area contributed by atoms with Crippen molar-refractivity contribution in [2.75, 3.05) is 0 Å². The van der Waals surface area contributed by atoms with Gasteiger partial charge in [0.2, 0.25) is 0 Å². The third-order valence-electron chi connectivity index (χ3n) is 1.40. The number of benzene rings is 1. The van der Waals surface area contributed by atoms with Crippen LogP contribution in [0.25, 0.3) is 0 Å². The van der Waals surface area contributed by atoms with E-state index in [1.807, 2.05) is 0 Å². The summed E-state index contributed by atoms with van der Waals surface area (Å²) in [5.41, 5.74) is -1.32. The van der Waals surface area contributed by atoms with E-state index in [1.54, 1.807) is 0 Å². The molecule has 1 aromatic rings. The molecule has 1 aromatic carbocycles. The number of alkyl halides is 3. The summed E-state index contributed by atoms with van der Waals surface area (Å²) in [5, 5.41) is -0.505. The van der Waals surface area contributed by atoms with E-state index in [0.717, 1.165) is 12.1 Å². The Labute approximate surface area is 90.0 Å². The van der Waals surface area contributed by atoms with E-state index in [4.69, 9.17) is 11.6 Å². The van der Waals surface area contributed by atoms with Gasteiger partial charge < -0.3 is 0 Å². The van der Waals surface area contributed by atoms with Crippen molar-refractivity contribution >= 4 is 32.6 Å². The molecule has 1 rings (SSSR count). The van der Waals surface area contributed by atoms with Crippen LogP contribution in [0.2, 0.25) is 5.02 Å². The van der Waals surface area contributed by atoms with Crippen LogP contribution in [0.1, 0.15) is 5.56 Å². The van der Waals surface area contributed by atoms with Crippen LogP contribution in [0.3, 0.4) is 0 Å². The van der Waals surface area contributed by atoms with Gasteiger partial charge in [-0.2, -0.15) is 0 Å². The van der Waals surface area contributed by atoms with Crippen molar-refractivity contribution in [3.05, 3.63) is 32.4 Å². The van der Waals surface area contributed by atoms with E-state index < -0.39 is 41.3 Å². The van der Waals surface area contributed by atoms with Crippen molar-refractivity contribution < 1.29 is 18.9 Å². The molecule has 7 heteroatoms. The predicted molar refractivity (Wildman–Crippen MR) is 51.4 cm³/mol. The molecule has 0 nitrogen and oxygen atoms in total. The standard InChI is InChI=1S/C7H3ClF5I/c8-5-3-1-2-4(7(9,10)11)6(5)14(12)13/h1-3H. The van der Waals surface area contributed by atoms with Crippen LogP contribution in [0.15, 0.2) is 18.2 Å². The van der Waals surface area contributed by atoms with Crippen LogP contribution in [0.4, 0.5) is 18.9 Å². The molecule has 0 unspecified atom stereocenters. The van der Waals surface area contributed by atoms with Crippen LogP contribution in [0.5, 0.6) is 0 Å². The average molecular weight is 344 g/mol. The third-order valence-corrected chi connectivity index (χ3v) is 4.01. The van der Waals surface area contributed by atoms with Gasteiger partial charge in [-0.05, 0) is 0 Å². The van der Waals surface area contributed by atoms with Crippen LogP contribution in [-0.2, 0) is 6.18 Å². The Morgan fingerprint density at radius 2 is 1.71 bits per heavy atom. The van der Waals surface area contributed by atoms with E-state index in [9.17, 15) is 18.9 Å². The first-order valence-corrected chi connectivity index (χ1v) is 6.31. The van der Waals surface area contributed by atoms with Crippen molar-refractivity contribution in [1.29, 1.82) is 0 Å². The quantitative estimate of drug-likeness (QED) is 0.507. The summed E-state index contributed by atoms with van der Waals surface area (Å²) in [6.07, 6.45) is -4.77. The van der Waals surface area contributed by atoms with E-state index >= 15 is 0 Å². The van der Waals surface area contributed by atoms with Gasteiger partial charge in [0.05, 0.1) is 0 Å².